The van der Waals surface area contributed by atoms with Crippen molar-refractivity contribution >= 4 is 0 Å². The number of ether oxygens (including phenoxy) is 1. The molecular weight excluding hydrogens is 353 g/mol. The molecular formula is C21H25F3N2O. The summed E-state index contributed by atoms with van der Waals surface area (Å²) in [5.41, 5.74) is 1.29. The van der Waals surface area contributed by atoms with Crippen molar-refractivity contribution in [3.63, 3.8) is 0 Å². The van der Waals surface area contributed by atoms with Crippen LogP contribution in [0.3, 0.4) is 0 Å². The second-order valence-corrected chi connectivity index (χ2v) is 6.91. The number of rotatable bonds is 6. The topological polar surface area (TPSA) is 15.7 Å². The van der Waals surface area contributed by atoms with Crippen LogP contribution in [-0.4, -0.2) is 49.6 Å². The number of piperazine rings is 1. The summed E-state index contributed by atoms with van der Waals surface area (Å²) in [5.74, 6) is 0. The first-order valence-corrected chi connectivity index (χ1v) is 9.14. The highest BCUT2D eigenvalue weighted by Gasteiger charge is 2.30. The van der Waals surface area contributed by atoms with Crippen molar-refractivity contribution in [2.75, 3.05) is 39.8 Å². The van der Waals surface area contributed by atoms with Crippen molar-refractivity contribution in [1.29, 1.82) is 0 Å². The third-order valence-corrected chi connectivity index (χ3v) is 5.01. The van der Waals surface area contributed by atoms with Crippen molar-refractivity contribution in [3.8, 4) is 0 Å². The van der Waals surface area contributed by atoms with Gasteiger partial charge in [-0.2, -0.15) is 13.2 Å². The molecule has 1 saturated heterocycles. The van der Waals surface area contributed by atoms with E-state index in [1.807, 2.05) is 18.2 Å². The highest BCUT2D eigenvalue weighted by molar-refractivity contribution is 5.25. The molecule has 0 spiro atoms. The van der Waals surface area contributed by atoms with Crippen LogP contribution in [0, 0.1) is 0 Å². The average Bonchev–Trinajstić information content (AvgIpc) is 2.68. The van der Waals surface area contributed by atoms with Crippen LogP contribution in [0.5, 0.6) is 0 Å². The third-order valence-electron chi connectivity index (χ3n) is 5.01. The lowest BCUT2D eigenvalue weighted by Crippen LogP contribution is -2.47. The average molecular weight is 378 g/mol. The maximum Gasteiger partial charge on any atom is 0.416 e. The van der Waals surface area contributed by atoms with Gasteiger partial charge in [-0.1, -0.05) is 48.5 Å². The van der Waals surface area contributed by atoms with Gasteiger partial charge in [0.25, 0.3) is 0 Å². The molecule has 3 nitrogen and oxygen atoms in total. The second-order valence-electron chi connectivity index (χ2n) is 6.91. The number of nitrogens with zero attached hydrogens (tertiary/aromatic N) is 2. The molecule has 1 aliphatic heterocycles. The number of halogens is 3. The monoisotopic (exact) mass is 378 g/mol. The molecule has 6 heteroatoms. The molecule has 1 unspecified atom stereocenters. The maximum atomic E-state index is 12.9. The van der Waals surface area contributed by atoms with Gasteiger partial charge in [0.05, 0.1) is 11.7 Å². The van der Waals surface area contributed by atoms with Crippen LogP contribution >= 0.6 is 0 Å². The van der Waals surface area contributed by atoms with Crippen molar-refractivity contribution in [3.05, 3.63) is 71.3 Å². The molecule has 0 N–H and O–H groups in total. The highest BCUT2D eigenvalue weighted by atomic mass is 19.4. The Balaban J connectivity index is 1.52. The Bertz CT molecular complexity index is 713. The van der Waals surface area contributed by atoms with E-state index < -0.39 is 11.7 Å². The van der Waals surface area contributed by atoms with E-state index in [1.165, 1.54) is 12.1 Å². The van der Waals surface area contributed by atoms with Gasteiger partial charge in [0.15, 0.2) is 0 Å². The Morgan fingerprint density at radius 3 is 2.22 bits per heavy atom. The van der Waals surface area contributed by atoms with Gasteiger partial charge in [-0.05, 0) is 17.2 Å². The lowest BCUT2D eigenvalue weighted by Gasteiger charge is -2.36. The smallest absolute Gasteiger partial charge is 0.375 e. The fourth-order valence-corrected chi connectivity index (χ4v) is 3.45. The maximum absolute atomic E-state index is 12.9. The van der Waals surface area contributed by atoms with Gasteiger partial charge < -0.3 is 4.74 Å². The molecule has 2 aromatic carbocycles. The lowest BCUT2D eigenvalue weighted by atomic mass is 10.1. The van der Waals surface area contributed by atoms with Gasteiger partial charge >= 0.3 is 6.18 Å². The summed E-state index contributed by atoms with van der Waals surface area (Å²) < 4.78 is 44.2. The van der Waals surface area contributed by atoms with Crippen molar-refractivity contribution in [1.82, 2.24) is 9.80 Å². The minimum absolute atomic E-state index is 0.0289. The largest absolute Gasteiger partial charge is 0.416 e. The van der Waals surface area contributed by atoms with Gasteiger partial charge in [0.2, 0.25) is 0 Å². The summed E-state index contributed by atoms with van der Waals surface area (Å²) in [5, 5.41) is 0. The first-order valence-electron chi connectivity index (χ1n) is 9.14. The molecule has 0 aliphatic carbocycles. The van der Waals surface area contributed by atoms with Crippen LogP contribution in [0.25, 0.3) is 0 Å². The number of alkyl halides is 3. The van der Waals surface area contributed by atoms with Crippen LogP contribution in [-0.2, 0) is 17.5 Å². The van der Waals surface area contributed by atoms with E-state index in [0.29, 0.717) is 12.1 Å². The lowest BCUT2D eigenvalue weighted by molar-refractivity contribution is -0.137. The first kappa shape index (κ1) is 19.9. The van der Waals surface area contributed by atoms with Crippen LogP contribution in [0.15, 0.2) is 54.6 Å². The fourth-order valence-electron chi connectivity index (χ4n) is 3.45. The number of methoxy groups -OCH3 is 1. The first-order chi connectivity index (χ1) is 13.0. The summed E-state index contributed by atoms with van der Waals surface area (Å²) in [6.45, 7) is 4.79. The van der Waals surface area contributed by atoms with Gasteiger partial charge in [-0.15, -0.1) is 0 Å². The summed E-state index contributed by atoms with van der Waals surface area (Å²) in [6, 6.07) is 15.8. The fraction of sp³-hybridized carbons (Fsp3) is 0.429. The van der Waals surface area contributed by atoms with E-state index in [0.717, 1.165) is 44.4 Å². The number of hydrogen-bond acceptors (Lipinski definition) is 3. The van der Waals surface area contributed by atoms with Crippen LogP contribution < -0.4 is 0 Å². The van der Waals surface area contributed by atoms with Crippen molar-refractivity contribution in [2.45, 2.75) is 18.8 Å². The Morgan fingerprint density at radius 1 is 0.926 bits per heavy atom. The van der Waals surface area contributed by atoms with Crippen molar-refractivity contribution in [2.24, 2.45) is 0 Å². The summed E-state index contributed by atoms with van der Waals surface area (Å²) in [7, 11) is 1.72. The second kappa shape index (κ2) is 8.87. The normalized spacial score (nSPS) is 17.8. The molecule has 0 bridgehead atoms. The molecule has 0 saturated carbocycles. The Morgan fingerprint density at radius 2 is 1.59 bits per heavy atom. The summed E-state index contributed by atoms with van der Waals surface area (Å²) in [4.78, 5) is 4.56. The molecule has 3 rings (SSSR count). The predicted octanol–water partition coefficient (Wildman–Crippen LogP) is 4.21. The number of benzene rings is 2. The van der Waals surface area contributed by atoms with Gasteiger partial charge in [0, 0.05) is 46.4 Å². The molecule has 1 aliphatic rings. The van der Waals surface area contributed by atoms with Crippen molar-refractivity contribution < 1.29 is 17.9 Å². The molecule has 0 aromatic heterocycles. The van der Waals surface area contributed by atoms with Gasteiger partial charge in [-0.25, -0.2) is 0 Å². The van der Waals surface area contributed by atoms with Gasteiger partial charge in [-0.3, -0.25) is 9.80 Å². The van der Waals surface area contributed by atoms with Crippen LogP contribution in [0.4, 0.5) is 13.2 Å². The minimum Gasteiger partial charge on any atom is -0.375 e. The van der Waals surface area contributed by atoms with E-state index in [2.05, 4.69) is 21.9 Å². The van der Waals surface area contributed by atoms with Gasteiger partial charge in [0.1, 0.15) is 0 Å². The molecule has 1 heterocycles. The Labute approximate surface area is 158 Å². The number of hydrogen-bond donors (Lipinski definition) is 0. The summed E-state index contributed by atoms with van der Waals surface area (Å²) in [6.07, 6.45) is -4.26. The SMILES string of the molecule is COC(CN1CCN(Cc2cccc(C(F)(F)F)c2)CC1)c1ccccc1. The molecule has 1 fully saturated rings. The predicted molar refractivity (Wildman–Crippen MR) is 99.4 cm³/mol. The molecule has 1 atom stereocenters. The molecule has 27 heavy (non-hydrogen) atoms. The minimum atomic E-state index is -4.29. The Hall–Kier alpha value is -1.89. The Kier molecular flexibility index (Phi) is 6.52. The zero-order valence-corrected chi connectivity index (χ0v) is 15.5. The van der Waals surface area contributed by atoms with E-state index in [4.69, 9.17) is 4.74 Å². The van der Waals surface area contributed by atoms with Crippen LogP contribution in [0.1, 0.15) is 22.8 Å². The van der Waals surface area contributed by atoms with E-state index in [1.54, 1.807) is 13.2 Å². The molecule has 0 amide bonds. The van der Waals surface area contributed by atoms with Crippen LogP contribution in [0.2, 0.25) is 0 Å². The highest BCUT2D eigenvalue weighted by Crippen LogP contribution is 2.29. The molecule has 2 aromatic rings. The molecule has 0 radical (unpaired) electrons. The van der Waals surface area contributed by atoms with E-state index in [9.17, 15) is 13.2 Å². The quantitative estimate of drug-likeness (QED) is 0.749. The standard InChI is InChI=1S/C21H25F3N2O/c1-27-20(18-7-3-2-4-8-18)16-26-12-10-25(11-13-26)15-17-6-5-9-19(14-17)21(22,23)24/h2-9,14,20H,10-13,15-16H2,1H3. The van der Waals surface area contributed by atoms with E-state index in [-0.39, 0.29) is 6.10 Å². The van der Waals surface area contributed by atoms with E-state index >= 15 is 0 Å². The zero-order chi connectivity index (χ0) is 19.3. The molecule has 146 valence electrons. The summed E-state index contributed by atoms with van der Waals surface area (Å²) >= 11 is 0. The third kappa shape index (κ3) is 5.54. The zero-order valence-electron chi connectivity index (χ0n) is 15.5.